The van der Waals surface area contributed by atoms with E-state index >= 15 is 0 Å². The van der Waals surface area contributed by atoms with E-state index in [0.29, 0.717) is 34.0 Å². The molecule has 0 radical (unpaired) electrons. The van der Waals surface area contributed by atoms with Gasteiger partial charge in [0.1, 0.15) is 17.8 Å². The summed E-state index contributed by atoms with van der Waals surface area (Å²) in [6.07, 6.45) is 0.622. The van der Waals surface area contributed by atoms with Crippen LogP contribution < -0.4 is 11.1 Å². The number of nitrogens with zero attached hydrogens (tertiary/aromatic N) is 4. The number of aromatic nitrogens is 4. The van der Waals surface area contributed by atoms with Gasteiger partial charge in [-0.3, -0.25) is 9.59 Å². The standard InChI is InChI=1S/C21H19FN6O4.C7H7NO/c1-21(19(29)30)10-31-18(32-11-21)17-27-15(12-2-4-13(22)5-3-12)16(28-17)14-6-8-24-20(26-14)25-9-7-23;8-7(9)6-4-2-1-3-5-6/h2-6,8,18H,9-11H2,1H3,(H,27,28)(H,29,30)(H,24,25,26);1-5H,(H2,8,9). The molecule has 41 heavy (non-hydrogen) atoms. The number of aromatic amines is 1. The molecule has 0 saturated carbocycles. The fourth-order valence-electron chi connectivity index (χ4n) is 3.70. The van der Waals surface area contributed by atoms with Gasteiger partial charge in [-0.1, -0.05) is 18.2 Å². The van der Waals surface area contributed by atoms with Crippen molar-refractivity contribution in [3.63, 3.8) is 0 Å². The number of benzene rings is 2. The maximum Gasteiger partial charge on any atom is 0.314 e. The van der Waals surface area contributed by atoms with Gasteiger partial charge in [0.15, 0.2) is 5.82 Å². The Balaban J connectivity index is 0.000000367. The van der Waals surface area contributed by atoms with E-state index < -0.39 is 17.7 Å². The summed E-state index contributed by atoms with van der Waals surface area (Å²) >= 11 is 0. The molecule has 0 bridgehead atoms. The SMILES string of the molecule is CC1(C(=O)O)COC(c2nc(-c3ccc(F)cc3)c(-c3ccnc(NCC#N)n3)[nH]2)OC1.NC(=O)c1ccccc1. The van der Waals surface area contributed by atoms with Crippen molar-refractivity contribution in [2.75, 3.05) is 25.1 Å². The van der Waals surface area contributed by atoms with Crippen LogP contribution in [-0.4, -0.2) is 56.7 Å². The molecule has 13 heteroatoms. The summed E-state index contributed by atoms with van der Waals surface area (Å²) in [5.41, 5.74) is 6.46. The van der Waals surface area contributed by atoms with Gasteiger partial charge in [0.2, 0.25) is 18.1 Å². The molecule has 2 aromatic carbocycles. The fourth-order valence-corrected chi connectivity index (χ4v) is 3.70. The summed E-state index contributed by atoms with van der Waals surface area (Å²) < 4.78 is 24.7. The molecule has 1 amide bonds. The van der Waals surface area contributed by atoms with E-state index in [1.807, 2.05) is 12.1 Å². The third-order valence-electron chi connectivity index (χ3n) is 5.98. The zero-order chi connectivity index (χ0) is 29.4. The van der Waals surface area contributed by atoms with Crippen LogP contribution in [0.1, 0.15) is 29.4 Å². The Morgan fingerprint density at radius 2 is 1.83 bits per heavy atom. The number of carboxylic acid groups (broad SMARTS) is 1. The molecule has 5 N–H and O–H groups in total. The largest absolute Gasteiger partial charge is 0.481 e. The van der Waals surface area contributed by atoms with E-state index in [1.165, 1.54) is 18.3 Å². The Morgan fingerprint density at radius 1 is 1.15 bits per heavy atom. The maximum atomic E-state index is 13.5. The molecule has 1 fully saturated rings. The van der Waals surface area contributed by atoms with Crippen LogP contribution in [0, 0.1) is 22.6 Å². The normalized spacial score (nSPS) is 17.9. The molecule has 210 valence electrons. The minimum atomic E-state index is -1.15. The van der Waals surface area contributed by atoms with E-state index in [0.717, 1.165) is 0 Å². The number of nitriles is 1. The zero-order valence-electron chi connectivity index (χ0n) is 21.9. The molecule has 0 aliphatic carbocycles. The van der Waals surface area contributed by atoms with Crippen LogP contribution in [-0.2, 0) is 14.3 Å². The number of primary amides is 1. The van der Waals surface area contributed by atoms with Crippen molar-refractivity contribution >= 4 is 17.8 Å². The Labute approximate surface area is 234 Å². The summed E-state index contributed by atoms with van der Waals surface area (Å²) in [5.74, 6) is -1.20. The lowest BCUT2D eigenvalue weighted by molar-refractivity contribution is -0.236. The minimum Gasteiger partial charge on any atom is -0.481 e. The number of nitrogens with two attached hydrogens (primary N) is 1. The number of carboxylic acids is 1. The average Bonchev–Trinajstić information content (AvgIpc) is 3.43. The number of rotatable bonds is 7. The van der Waals surface area contributed by atoms with Crippen molar-refractivity contribution in [1.29, 1.82) is 5.26 Å². The predicted molar refractivity (Wildman–Crippen MR) is 144 cm³/mol. The molecule has 12 nitrogen and oxygen atoms in total. The number of ether oxygens (including phenoxy) is 2. The number of imidazole rings is 1. The first-order valence-corrected chi connectivity index (χ1v) is 12.3. The fraction of sp³-hybridized carbons (Fsp3) is 0.214. The number of hydrogen-bond acceptors (Lipinski definition) is 9. The molecule has 3 heterocycles. The Bertz CT molecular complexity index is 1550. The molecule has 2 aromatic heterocycles. The number of hydrogen-bond donors (Lipinski definition) is 4. The number of aliphatic carboxylic acids is 1. The zero-order valence-corrected chi connectivity index (χ0v) is 21.9. The van der Waals surface area contributed by atoms with Crippen LogP contribution in [0.5, 0.6) is 0 Å². The number of carbonyl (C=O) groups is 2. The molecule has 0 atom stereocenters. The Hall–Kier alpha value is -5.19. The van der Waals surface area contributed by atoms with Gasteiger partial charge in [-0.25, -0.2) is 19.3 Å². The van der Waals surface area contributed by atoms with Gasteiger partial charge in [0.05, 0.1) is 36.4 Å². The smallest absolute Gasteiger partial charge is 0.314 e. The first-order chi connectivity index (χ1) is 19.7. The number of nitrogens with one attached hydrogen (secondary N) is 2. The number of amides is 1. The van der Waals surface area contributed by atoms with Gasteiger partial charge in [-0.15, -0.1) is 0 Å². The number of halogens is 1. The summed E-state index contributed by atoms with van der Waals surface area (Å²) in [6, 6.07) is 18.2. The van der Waals surface area contributed by atoms with Crippen LogP contribution in [0.3, 0.4) is 0 Å². The van der Waals surface area contributed by atoms with E-state index in [1.54, 1.807) is 49.4 Å². The van der Waals surface area contributed by atoms with Crippen molar-refractivity contribution in [3.8, 4) is 28.7 Å². The second kappa shape index (κ2) is 12.8. The van der Waals surface area contributed by atoms with Gasteiger partial charge in [-0.2, -0.15) is 5.26 Å². The third-order valence-corrected chi connectivity index (χ3v) is 5.98. The summed E-state index contributed by atoms with van der Waals surface area (Å²) in [5, 5.41) is 20.9. The quantitative estimate of drug-likeness (QED) is 0.244. The molecule has 5 rings (SSSR count). The van der Waals surface area contributed by atoms with Gasteiger partial charge >= 0.3 is 5.97 Å². The molecule has 4 aromatic rings. The molecule has 1 aliphatic rings. The monoisotopic (exact) mass is 559 g/mol. The molecular weight excluding hydrogens is 533 g/mol. The highest BCUT2D eigenvalue weighted by molar-refractivity contribution is 5.92. The Kier molecular flexibility index (Phi) is 8.98. The lowest BCUT2D eigenvalue weighted by atomic mass is 9.92. The van der Waals surface area contributed by atoms with Gasteiger partial charge < -0.3 is 30.6 Å². The third kappa shape index (κ3) is 7.07. The topological polar surface area (TPSA) is 189 Å². The van der Waals surface area contributed by atoms with E-state index in [9.17, 15) is 19.1 Å². The molecule has 1 saturated heterocycles. The van der Waals surface area contributed by atoms with Crippen LogP contribution in [0.15, 0.2) is 66.9 Å². The van der Waals surface area contributed by atoms with Gasteiger partial charge in [0, 0.05) is 17.3 Å². The van der Waals surface area contributed by atoms with Crippen LogP contribution in [0.4, 0.5) is 10.3 Å². The highest BCUT2D eigenvalue weighted by Crippen LogP contribution is 2.35. The van der Waals surface area contributed by atoms with E-state index in [2.05, 4.69) is 25.3 Å². The second-order valence-corrected chi connectivity index (χ2v) is 9.18. The summed E-state index contributed by atoms with van der Waals surface area (Å²) in [4.78, 5) is 38.1. The minimum absolute atomic E-state index is 0.0363. The summed E-state index contributed by atoms with van der Waals surface area (Å²) in [7, 11) is 0. The lowest BCUT2D eigenvalue weighted by Crippen LogP contribution is -2.42. The van der Waals surface area contributed by atoms with Crippen LogP contribution >= 0.6 is 0 Å². The van der Waals surface area contributed by atoms with Crippen molar-refractivity contribution < 1.29 is 28.6 Å². The van der Waals surface area contributed by atoms with Crippen molar-refractivity contribution in [2.45, 2.75) is 13.2 Å². The van der Waals surface area contributed by atoms with Gasteiger partial charge in [-0.05, 0) is 49.4 Å². The van der Waals surface area contributed by atoms with Crippen molar-refractivity contribution in [2.24, 2.45) is 11.1 Å². The van der Waals surface area contributed by atoms with E-state index in [-0.39, 0.29) is 37.4 Å². The van der Waals surface area contributed by atoms with Crippen LogP contribution in [0.25, 0.3) is 22.6 Å². The highest BCUT2D eigenvalue weighted by Gasteiger charge is 2.41. The van der Waals surface area contributed by atoms with Crippen LogP contribution in [0.2, 0.25) is 0 Å². The average molecular weight is 560 g/mol. The lowest BCUT2D eigenvalue weighted by Gasteiger charge is -2.33. The maximum absolute atomic E-state index is 13.5. The predicted octanol–water partition coefficient (Wildman–Crippen LogP) is 3.53. The first kappa shape index (κ1) is 28.8. The number of H-pyrrole nitrogens is 1. The molecule has 0 unspecified atom stereocenters. The Morgan fingerprint density at radius 3 is 2.41 bits per heavy atom. The molecule has 1 aliphatic heterocycles. The molecule has 0 spiro atoms. The second-order valence-electron chi connectivity index (χ2n) is 9.18. The van der Waals surface area contributed by atoms with Gasteiger partial charge in [0.25, 0.3) is 0 Å². The highest BCUT2D eigenvalue weighted by atomic mass is 19.1. The van der Waals surface area contributed by atoms with E-state index in [4.69, 9.17) is 20.5 Å². The molecular formula is C28H26FN7O5. The number of anilines is 1. The first-order valence-electron chi connectivity index (χ1n) is 12.3. The summed E-state index contributed by atoms with van der Waals surface area (Å²) in [6.45, 7) is 1.48. The van der Waals surface area contributed by atoms with Crippen molar-refractivity contribution in [3.05, 3.63) is 84.1 Å². The van der Waals surface area contributed by atoms with Crippen molar-refractivity contribution in [1.82, 2.24) is 19.9 Å². The number of carbonyl (C=O) groups excluding carboxylic acids is 1.